The number of halogens is 5. The molecule has 3 aromatic carbocycles. The minimum Gasteiger partial charge on any atom is -0.494 e. The average molecular weight is 589 g/mol. The van der Waals surface area contributed by atoms with Gasteiger partial charge in [-0.05, 0) is 42.3 Å². The van der Waals surface area contributed by atoms with Gasteiger partial charge in [-0.3, -0.25) is 9.36 Å². The normalized spacial score (nSPS) is 15.1. The Morgan fingerprint density at radius 2 is 1.68 bits per heavy atom. The molecule has 2 heterocycles. The van der Waals surface area contributed by atoms with E-state index in [1.165, 1.54) is 59.8 Å². The van der Waals surface area contributed by atoms with Crippen LogP contribution < -0.4 is 10.3 Å². The summed E-state index contributed by atoms with van der Waals surface area (Å²) in [6.45, 7) is 1.58. The van der Waals surface area contributed by atoms with Crippen molar-refractivity contribution in [1.82, 2.24) is 4.57 Å². The lowest BCUT2D eigenvalue weighted by Gasteiger charge is -2.24. The first-order valence-electron chi connectivity index (χ1n) is 12.1. The van der Waals surface area contributed by atoms with Gasteiger partial charge in [0.15, 0.2) is 11.6 Å². The number of rotatable bonds is 7. The molecule has 206 valence electrons. The molecular formula is C29H21ClF4N2O3S. The lowest BCUT2D eigenvalue weighted by atomic mass is 9.93. The Morgan fingerprint density at radius 3 is 2.35 bits per heavy atom. The van der Waals surface area contributed by atoms with Gasteiger partial charge in [0.25, 0.3) is 5.56 Å². The molecule has 0 bridgehead atoms. The van der Waals surface area contributed by atoms with Gasteiger partial charge in [0, 0.05) is 28.9 Å². The van der Waals surface area contributed by atoms with E-state index in [4.69, 9.17) is 16.3 Å². The number of thioether (sulfide) groups is 1. The van der Waals surface area contributed by atoms with Crippen LogP contribution in [0.3, 0.4) is 0 Å². The van der Waals surface area contributed by atoms with Crippen molar-refractivity contribution in [1.29, 1.82) is 0 Å². The molecular weight excluding hydrogens is 568 g/mol. The quantitative estimate of drug-likeness (QED) is 0.163. The number of hydrogen-bond acceptors (Lipinski definition) is 5. The van der Waals surface area contributed by atoms with Crippen LogP contribution in [0.2, 0.25) is 5.02 Å². The molecule has 0 fully saturated rings. The highest BCUT2D eigenvalue weighted by Crippen LogP contribution is 2.46. The van der Waals surface area contributed by atoms with Crippen LogP contribution >= 0.6 is 23.4 Å². The van der Waals surface area contributed by atoms with E-state index in [2.05, 4.69) is 5.18 Å². The number of nitrogens with zero attached hydrogens (tertiary/aromatic N) is 2. The van der Waals surface area contributed by atoms with Crippen molar-refractivity contribution in [3.63, 3.8) is 0 Å². The number of aromatic nitrogens is 1. The van der Waals surface area contributed by atoms with Crippen molar-refractivity contribution in [3.05, 3.63) is 120 Å². The molecule has 40 heavy (non-hydrogen) atoms. The lowest BCUT2D eigenvalue weighted by Crippen LogP contribution is -2.30. The molecule has 5 rings (SSSR count). The number of pyridine rings is 1. The van der Waals surface area contributed by atoms with Crippen LogP contribution in [0.5, 0.6) is 5.75 Å². The molecule has 11 heteroatoms. The molecule has 0 aliphatic carbocycles. The first-order chi connectivity index (χ1) is 19.2. The largest absolute Gasteiger partial charge is 0.494 e. The molecule has 1 aliphatic heterocycles. The third-order valence-corrected chi connectivity index (χ3v) is 8.73. The van der Waals surface area contributed by atoms with Gasteiger partial charge in [-0.15, -0.1) is 11.8 Å². The molecule has 0 spiro atoms. The summed E-state index contributed by atoms with van der Waals surface area (Å²) in [5.74, 6) is -3.07. The summed E-state index contributed by atoms with van der Waals surface area (Å²) in [7, 11) is 1.28. The number of nitroso groups, excluding NO2 is 1. The number of methoxy groups -OCH3 is 1. The summed E-state index contributed by atoms with van der Waals surface area (Å²) < 4.78 is 65.7. The Morgan fingerprint density at radius 1 is 1.02 bits per heavy atom. The molecule has 0 amide bonds. The zero-order valence-corrected chi connectivity index (χ0v) is 22.8. The first kappa shape index (κ1) is 27.9. The van der Waals surface area contributed by atoms with Crippen LogP contribution in [0, 0.1) is 35.1 Å². The standard InChI is InChI=1S/C29H21ClF4N2O3S/c1-14-17(12-18-19(31)8-5-9-20(18)32)29-36(28(37)24(14)15-6-4-11-23(39-2)26(15)34)22(13-40-29)27(35-38)16-7-3-10-21(33)25(16)30/h3-11,22,27H,12-13H2,1-2H3. The second-order valence-electron chi connectivity index (χ2n) is 9.23. The topological polar surface area (TPSA) is 60.7 Å². The smallest absolute Gasteiger partial charge is 0.260 e. The van der Waals surface area contributed by atoms with Crippen molar-refractivity contribution >= 4 is 23.4 Å². The average Bonchev–Trinajstić information content (AvgIpc) is 3.37. The van der Waals surface area contributed by atoms with Gasteiger partial charge in [0.2, 0.25) is 0 Å². The molecule has 0 saturated carbocycles. The first-order valence-corrected chi connectivity index (χ1v) is 13.5. The molecule has 2 unspecified atom stereocenters. The minimum absolute atomic E-state index is 0.0608. The Kier molecular flexibility index (Phi) is 7.74. The molecule has 0 N–H and O–H groups in total. The van der Waals surface area contributed by atoms with Crippen LogP contribution in [0.25, 0.3) is 11.1 Å². The second-order valence-corrected chi connectivity index (χ2v) is 10.6. The summed E-state index contributed by atoms with van der Waals surface area (Å²) >= 11 is 7.37. The van der Waals surface area contributed by atoms with E-state index in [0.29, 0.717) is 16.2 Å². The maximum absolute atomic E-state index is 15.5. The zero-order valence-electron chi connectivity index (χ0n) is 21.2. The third kappa shape index (κ3) is 4.58. The predicted molar refractivity (Wildman–Crippen MR) is 146 cm³/mol. The highest BCUT2D eigenvalue weighted by atomic mass is 35.5. The third-order valence-electron chi connectivity index (χ3n) is 7.11. The van der Waals surface area contributed by atoms with Gasteiger partial charge < -0.3 is 4.74 Å². The van der Waals surface area contributed by atoms with Crippen molar-refractivity contribution in [2.24, 2.45) is 5.18 Å². The van der Waals surface area contributed by atoms with Gasteiger partial charge in [0.05, 0.1) is 28.8 Å². The highest BCUT2D eigenvalue weighted by molar-refractivity contribution is 7.99. The van der Waals surface area contributed by atoms with E-state index in [-0.39, 0.29) is 45.2 Å². The highest BCUT2D eigenvalue weighted by Gasteiger charge is 2.38. The molecule has 2 atom stereocenters. The molecule has 0 saturated heterocycles. The molecule has 4 aromatic rings. The number of benzene rings is 3. The lowest BCUT2D eigenvalue weighted by molar-refractivity contribution is 0.387. The zero-order chi connectivity index (χ0) is 28.7. The van der Waals surface area contributed by atoms with Gasteiger partial charge in [0.1, 0.15) is 23.5 Å². The summed E-state index contributed by atoms with van der Waals surface area (Å²) in [6, 6.07) is 9.52. The Labute approximate surface area is 235 Å². The number of fused-ring (bicyclic) bond motifs is 1. The second kappa shape index (κ2) is 11.1. The van der Waals surface area contributed by atoms with E-state index in [1.54, 1.807) is 6.92 Å². The molecule has 5 nitrogen and oxygen atoms in total. The van der Waals surface area contributed by atoms with Crippen molar-refractivity contribution < 1.29 is 22.3 Å². The van der Waals surface area contributed by atoms with E-state index in [0.717, 1.165) is 18.2 Å². The van der Waals surface area contributed by atoms with Gasteiger partial charge in [-0.25, -0.2) is 17.6 Å². The van der Waals surface area contributed by atoms with Crippen LogP contribution in [0.4, 0.5) is 17.6 Å². The van der Waals surface area contributed by atoms with Crippen molar-refractivity contribution in [2.45, 2.75) is 30.5 Å². The SMILES string of the molecule is COc1cccc(-c2c(C)c(Cc3c(F)cccc3F)c3n(c2=O)C(C(N=O)c2cccc(F)c2Cl)CS3)c1F. The number of hydrogen-bond donors (Lipinski definition) is 0. The molecule has 1 aromatic heterocycles. The van der Waals surface area contributed by atoms with Crippen LogP contribution in [0.1, 0.15) is 34.3 Å². The summed E-state index contributed by atoms with van der Waals surface area (Å²) in [6.07, 6.45) is -0.252. The van der Waals surface area contributed by atoms with Gasteiger partial charge >= 0.3 is 0 Å². The monoisotopic (exact) mass is 588 g/mol. The van der Waals surface area contributed by atoms with E-state index >= 15 is 4.39 Å². The Balaban J connectivity index is 1.80. The summed E-state index contributed by atoms with van der Waals surface area (Å²) in [4.78, 5) is 26.3. The fourth-order valence-corrected chi connectivity index (χ4v) is 6.76. The van der Waals surface area contributed by atoms with E-state index in [1.807, 2.05) is 0 Å². The number of ether oxygens (including phenoxy) is 1. The fraction of sp³-hybridized carbons (Fsp3) is 0.207. The Hall–Kier alpha value is -3.63. The van der Waals surface area contributed by atoms with Crippen LogP contribution in [-0.4, -0.2) is 17.4 Å². The summed E-state index contributed by atoms with van der Waals surface area (Å²) in [5.41, 5.74) is -0.239. The van der Waals surface area contributed by atoms with Crippen LogP contribution in [0.15, 0.2) is 69.6 Å². The Bertz CT molecular complexity index is 1690. The van der Waals surface area contributed by atoms with E-state index in [9.17, 15) is 22.9 Å². The maximum atomic E-state index is 15.5. The van der Waals surface area contributed by atoms with Crippen molar-refractivity contribution in [2.75, 3.05) is 12.9 Å². The predicted octanol–water partition coefficient (Wildman–Crippen LogP) is 7.79. The van der Waals surface area contributed by atoms with Gasteiger partial charge in [-0.1, -0.05) is 47.1 Å². The molecule has 0 radical (unpaired) electrons. The van der Waals surface area contributed by atoms with Crippen molar-refractivity contribution in [3.8, 4) is 16.9 Å². The minimum atomic E-state index is -1.28. The van der Waals surface area contributed by atoms with Crippen LogP contribution in [-0.2, 0) is 6.42 Å². The maximum Gasteiger partial charge on any atom is 0.260 e. The van der Waals surface area contributed by atoms with Gasteiger partial charge in [-0.2, -0.15) is 4.91 Å². The fourth-order valence-electron chi connectivity index (χ4n) is 5.11. The summed E-state index contributed by atoms with van der Waals surface area (Å²) in [5, 5.41) is 3.25. The van der Waals surface area contributed by atoms with E-state index < -0.39 is 40.9 Å². The molecule has 1 aliphatic rings.